The predicted octanol–water partition coefficient (Wildman–Crippen LogP) is 2.83. The minimum atomic E-state index is -3.29. The van der Waals surface area contributed by atoms with Crippen LogP contribution in [0.3, 0.4) is 0 Å². The van der Waals surface area contributed by atoms with E-state index in [0.717, 1.165) is 11.3 Å². The van der Waals surface area contributed by atoms with Crippen molar-refractivity contribution in [2.75, 3.05) is 24.7 Å². The molecule has 1 heterocycles. The van der Waals surface area contributed by atoms with Gasteiger partial charge in [-0.3, -0.25) is 0 Å². The van der Waals surface area contributed by atoms with Gasteiger partial charge < -0.3 is 10.1 Å². The van der Waals surface area contributed by atoms with Crippen molar-refractivity contribution in [3.63, 3.8) is 0 Å². The van der Waals surface area contributed by atoms with Gasteiger partial charge >= 0.3 is 0 Å². The highest BCUT2D eigenvalue weighted by atomic mass is 32.2. The zero-order valence-corrected chi connectivity index (χ0v) is 14.9. The van der Waals surface area contributed by atoms with Crippen molar-refractivity contribution in [2.45, 2.75) is 11.8 Å². The van der Waals surface area contributed by atoms with Crippen LogP contribution in [0.4, 0.5) is 5.82 Å². The third-order valence-electron chi connectivity index (χ3n) is 3.78. The molecule has 0 saturated heterocycles. The summed E-state index contributed by atoms with van der Waals surface area (Å²) < 4.78 is 29.3. The lowest BCUT2D eigenvalue weighted by Crippen LogP contribution is -2.13. The summed E-state index contributed by atoms with van der Waals surface area (Å²) in [5.41, 5.74) is 1.76. The first-order valence-corrected chi connectivity index (χ1v) is 9.71. The molecule has 7 heteroatoms. The summed E-state index contributed by atoms with van der Waals surface area (Å²) in [6.07, 6.45) is 2.63. The number of hydrogen-bond acceptors (Lipinski definition) is 6. The summed E-state index contributed by atoms with van der Waals surface area (Å²) in [4.78, 5) is 8.64. The number of benzene rings is 2. The first-order valence-electron chi connectivity index (χ1n) is 7.82. The molecule has 0 spiro atoms. The van der Waals surface area contributed by atoms with Gasteiger partial charge in [0, 0.05) is 11.6 Å². The van der Waals surface area contributed by atoms with Crippen LogP contribution in [0, 0.1) is 6.92 Å². The second-order valence-corrected chi connectivity index (χ2v) is 7.73. The molecule has 130 valence electrons. The Bertz CT molecular complexity index is 1000. The van der Waals surface area contributed by atoms with Crippen LogP contribution >= 0.6 is 0 Å². The quantitative estimate of drug-likeness (QED) is 0.683. The lowest BCUT2D eigenvalue weighted by atomic mass is 10.2. The molecule has 0 radical (unpaired) electrons. The SMILES string of the molecule is Cc1ccccc1OCCNc1ncnc2ccc(S(C)(=O)=O)cc12. The van der Waals surface area contributed by atoms with E-state index in [1.807, 2.05) is 31.2 Å². The van der Waals surface area contributed by atoms with Crippen molar-refractivity contribution >= 4 is 26.6 Å². The van der Waals surface area contributed by atoms with Gasteiger partial charge in [0.25, 0.3) is 0 Å². The van der Waals surface area contributed by atoms with E-state index < -0.39 is 9.84 Å². The largest absolute Gasteiger partial charge is 0.491 e. The molecule has 6 nitrogen and oxygen atoms in total. The van der Waals surface area contributed by atoms with E-state index in [2.05, 4.69) is 15.3 Å². The van der Waals surface area contributed by atoms with Crippen molar-refractivity contribution in [2.24, 2.45) is 0 Å². The third-order valence-corrected chi connectivity index (χ3v) is 4.89. The summed E-state index contributed by atoms with van der Waals surface area (Å²) in [5, 5.41) is 3.85. The van der Waals surface area contributed by atoms with Crippen LogP contribution in [0.1, 0.15) is 5.56 Å². The Labute approximate surface area is 146 Å². The molecule has 0 unspecified atom stereocenters. The molecule has 0 aliphatic heterocycles. The van der Waals surface area contributed by atoms with Crippen LogP contribution in [0.25, 0.3) is 10.9 Å². The smallest absolute Gasteiger partial charge is 0.175 e. The summed E-state index contributed by atoms with van der Waals surface area (Å²) in [6, 6.07) is 12.6. The number of nitrogens with one attached hydrogen (secondary N) is 1. The average Bonchev–Trinajstić information content (AvgIpc) is 2.59. The number of fused-ring (bicyclic) bond motifs is 1. The van der Waals surface area contributed by atoms with Crippen LogP contribution in [0.15, 0.2) is 53.7 Å². The fourth-order valence-electron chi connectivity index (χ4n) is 2.46. The molecule has 3 rings (SSSR count). The fraction of sp³-hybridized carbons (Fsp3) is 0.222. The van der Waals surface area contributed by atoms with E-state index in [4.69, 9.17) is 4.74 Å². The Morgan fingerprint density at radius 1 is 1.12 bits per heavy atom. The summed E-state index contributed by atoms with van der Waals surface area (Å²) in [6.45, 7) is 2.99. The normalized spacial score (nSPS) is 11.4. The minimum absolute atomic E-state index is 0.244. The van der Waals surface area contributed by atoms with Crippen LogP contribution in [-0.4, -0.2) is 37.8 Å². The molecule has 0 bridgehead atoms. The van der Waals surface area contributed by atoms with Crippen LogP contribution < -0.4 is 10.1 Å². The molecule has 0 saturated carbocycles. The molecule has 0 atom stereocenters. The topological polar surface area (TPSA) is 81.2 Å². The van der Waals surface area contributed by atoms with Crippen molar-refractivity contribution < 1.29 is 13.2 Å². The van der Waals surface area contributed by atoms with Gasteiger partial charge in [0.1, 0.15) is 24.5 Å². The second kappa shape index (κ2) is 7.06. The molecule has 3 aromatic rings. The second-order valence-electron chi connectivity index (χ2n) is 5.71. The number of para-hydroxylation sites is 1. The molecule has 0 fully saturated rings. The number of ether oxygens (including phenoxy) is 1. The van der Waals surface area contributed by atoms with E-state index in [1.54, 1.807) is 18.2 Å². The van der Waals surface area contributed by atoms with E-state index in [0.29, 0.717) is 29.9 Å². The maximum absolute atomic E-state index is 11.8. The summed E-state index contributed by atoms with van der Waals surface area (Å²) >= 11 is 0. The van der Waals surface area contributed by atoms with Gasteiger partial charge in [-0.1, -0.05) is 18.2 Å². The molecule has 0 amide bonds. The molecule has 0 aliphatic rings. The van der Waals surface area contributed by atoms with Gasteiger partial charge in [0.15, 0.2) is 9.84 Å². The number of aromatic nitrogens is 2. The van der Waals surface area contributed by atoms with Crippen LogP contribution in [-0.2, 0) is 9.84 Å². The van der Waals surface area contributed by atoms with Crippen LogP contribution in [0.5, 0.6) is 5.75 Å². The zero-order chi connectivity index (χ0) is 17.9. The van der Waals surface area contributed by atoms with Gasteiger partial charge in [-0.15, -0.1) is 0 Å². The van der Waals surface area contributed by atoms with Crippen LogP contribution in [0.2, 0.25) is 0 Å². The number of rotatable bonds is 6. The van der Waals surface area contributed by atoms with Crippen molar-refractivity contribution in [3.8, 4) is 5.75 Å². The first-order chi connectivity index (χ1) is 11.9. The Kier molecular flexibility index (Phi) is 4.85. The van der Waals surface area contributed by atoms with E-state index in [9.17, 15) is 8.42 Å². The van der Waals surface area contributed by atoms with Gasteiger partial charge in [-0.05, 0) is 36.8 Å². The van der Waals surface area contributed by atoms with Gasteiger partial charge in [0.05, 0.1) is 17.0 Å². The molecular formula is C18H19N3O3S. The zero-order valence-electron chi connectivity index (χ0n) is 14.1. The maximum atomic E-state index is 11.8. The van der Waals surface area contributed by atoms with E-state index in [1.165, 1.54) is 12.6 Å². The van der Waals surface area contributed by atoms with Crippen molar-refractivity contribution in [3.05, 3.63) is 54.4 Å². The Balaban J connectivity index is 1.74. The predicted molar refractivity (Wildman–Crippen MR) is 97.8 cm³/mol. The molecule has 25 heavy (non-hydrogen) atoms. The van der Waals surface area contributed by atoms with Crippen molar-refractivity contribution in [1.82, 2.24) is 9.97 Å². The van der Waals surface area contributed by atoms with E-state index in [-0.39, 0.29) is 4.90 Å². The highest BCUT2D eigenvalue weighted by Crippen LogP contribution is 2.23. The highest BCUT2D eigenvalue weighted by molar-refractivity contribution is 7.90. The maximum Gasteiger partial charge on any atom is 0.175 e. The number of sulfone groups is 1. The van der Waals surface area contributed by atoms with Crippen molar-refractivity contribution in [1.29, 1.82) is 0 Å². The molecule has 0 aliphatic carbocycles. The van der Waals surface area contributed by atoms with Gasteiger partial charge in [-0.2, -0.15) is 0 Å². The summed E-state index contributed by atoms with van der Waals surface area (Å²) in [7, 11) is -3.29. The lowest BCUT2D eigenvalue weighted by Gasteiger charge is -2.11. The first kappa shape index (κ1) is 17.2. The lowest BCUT2D eigenvalue weighted by molar-refractivity contribution is 0.330. The highest BCUT2D eigenvalue weighted by Gasteiger charge is 2.11. The number of anilines is 1. The minimum Gasteiger partial charge on any atom is -0.491 e. The molecule has 1 aromatic heterocycles. The number of nitrogens with zero attached hydrogens (tertiary/aromatic N) is 2. The van der Waals surface area contributed by atoms with E-state index >= 15 is 0 Å². The number of hydrogen-bond donors (Lipinski definition) is 1. The molecular weight excluding hydrogens is 338 g/mol. The van der Waals surface area contributed by atoms with Gasteiger partial charge in [0.2, 0.25) is 0 Å². The van der Waals surface area contributed by atoms with Gasteiger partial charge in [-0.25, -0.2) is 18.4 Å². The Morgan fingerprint density at radius 3 is 2.68 bits per heavy atom. The molecule has 1 N–H and O–H groups in total. The average molecular weight is 357 g/mol. The Hall–Kier alpha value is -2.67. The fourth-order valence-corrected chi connectivity index (χ4v) is 3.10. The Morgan fingerprint density at radius 2 is 1.92 bits per heavy atom. The summed E-state index contributed by atoms with van der Waals surface area (Å²) in [5.74, 6) is 1.43. The molecule has 2 aromatic carbocycles. The monoisotopic (exact) mass is 357 g/mol. The number of aryl methyl sites for hydroxylation is 1. The third kappa shape index (κ3) is 4.06. The standard InChI is InChI=1S/C18H19N3O3S/c1-13-5-3-4-6-17(13)24-10-9-19-18-15-11-14(25(2,22)23)7-8-16(15)20-12-21-18/h3-8,11-12H,9-10H2,1-2H3,(H,19,20,21).